The number of amides is 1. The van der Waals surface area contributed by atoms with Crippen LogP contribution in [0.3, 0.4) is 0 Å². The van der Waals surface area contributed by atoms with E-state index in [1.54, 1.807) is 12.1 Å². The number of carbonyl (C=O) groups excluding carboxylic acids is 1. The molecule has 0 radical (unpaired) electrons. The fourth-order valence-corrected chi connectivity index (χ4v) is 0.955. The van der Waals surface area contributed by atoms with E-state index in [0.29, 0.717) is 0 Å². The van der Waals surface area contributed by atoms with Crippen molar-refractivity contribution in [3.8, 4) is 0 Å². The van der Waals surface area contributed by atoms with Gasteiger partial charge in [0.05, 0.1) is 0 Å². The fraction of sp³-hybridized carbons (Fsp3) is 0.125. The Labute approximate surface area is 74.2 Å². The molecule has 0 fully saturated rings. The number of nitroso groups, excluding NO2 is 1. The van der Waals surface area contributed by atoms with Gasteiger partial charge in [-0.25, -0.2) is 0 Å². The SMILES string of the molecule is NC(=O)C(O)c1ccccc1N=O. The van der Waals surface area contributed by atoms with Crippen molar-refractivity contribution in [3.63, 3.8) is 0 Å². The zero-order valence-corrected chi connectivity index (χ0v) is 6.68. The van der Waals surface area contributed by atoms with Crippen molar-refractivity contribution in [2.24, 2.45) is 10.9 Å². The molecule has 68 valence electrons. The molecule has 0 aliphatic heterocycles. The van der Waals surface area contributed by atoms with Crippen LogP contribution in [0.1, 0.15) is 11.7 Å². The van der Waals surface area contributed by atoms with Gasteiger partial charge in [-0.1, -0.05) is 18.2 Å². The van der Waals surface area contributed by atoms with Crippen LogP contribution in [-0.2, 0) is 4.79 Å². The second-order valence-electron chi connectivity index (χ2n) is 2.46. The molecule has 1 rings (SSSR count). The van der Waals surface area contributed by atoms with Crippen molar-refractivity contribution in [2.45, 2.75) is 6.10 Å². The van der Waals surface area contributed by atoms with E-state index >= 15 is 0 Å². The van der Waals surface area contributed by atoms with E-state index in [-0.39, 0.29) is 11.3 Å². The topological polar surface area (TPSA) is 92.8 Å². The highest BCUT2D eigenvalue weighted by Gasteiger charge is 2.17. The molecule has 0 aliphatic rings. The summed E-state index contributed by atoms with van der Waals surface area (Å²) in [5.74, 6) is -0.906. The molecule has 5 nitrogen and oxygen atoms in total. The molecule has 1 unspecified atom stereocenters. The first-order valence-electron chi connectivity index (χ1n) is 3.56. The molecule has 0 saturated heterocycles. The molecule has 13 heavy (non-hydrogen) atoms. The van der Waals surface area contributed by atoms with Crippen molar-refractivity contribution >= 4 is 11.6 Å². The summed E-state index contributed by atoms with van der Waals surface area (Å²) in [7, 11) is 0. The monoisotopic (exact) mass is 180 g/mol. The third kappa shape index (κ3) is 1.88. The van der Waals surface area contributed by atoms with Gasteiger partial charge in [-0.05, 0) is 11.2 Å². The molecule has 0 heterocycles. The van der Waals surface area contributed by atoms with Crippen molar-refractivity contribution < 1.29 is 9.90 Å². The largest absolute Gasteiger partial charge is 0.378 e. The summed E-state index contributed by atoms with van der Waals surface area (Å²) < 4.78 is 0. The number of hydrogen-bond acceptors (Lipinski definition) is 4. The van der Waals surface area contributed by atoms with Crippen LogP contribution in [-0.4, -0.2) is 11.0 Å². The number of nitrogens with two attached hydrogens (primary N) is 1. The van der Waals surface area contributed by atoms with Gasteiger partial charge >= 0.3 is 0 Å². The van der Waals surface area contributed by atoms with Gasteiger partial charge < -0.3 is 10.8 Å². The Morgan fingerprint density at radius 2 is 2.08 bits per heavy atom. The summed E-state index contributed by atoms with van der Waals surface area (Å²) in [5.41, 5.74) is 5.01. The highest BCUT2D eigenvalue weighted by molar-refractivity contribution is 5.81. The average molecular weight is 180 g/mol. The minimum Gasteiger partial charge on any atom is -0.378 e. The van der Waals surface area contributed by atoms with Crippen LogP contribution >= 0.6 is 0 Å². The van der Waals surface area contributed by atoms with Gasteiger partial charge in [0, 0.05) is 5.56 Å². The third-order valence-corrected chi connectivity index (χ3v) is 1.60. The first kappa shape index (κ1) is 9.34. The van der Waals surface area contributed by atoms with Crippen LogP contribution in [0.4, 0.5) is 5.69 Å². The molecule has 0 aromatic heterocycles. The number of nitrogens with zero attached hydrogens (tertiary/aromatic N) is 1. The highest BCUT2D eigenvalue weighted by atomic mass is 16.3. The Morgan fingerprint density at radius 3 is 2.62 bits per heavy atom. The van der Waals surface area contributed by atoms with E-state index in [0.717, 1.165) is 0 Å². The Kier molecular flexibility index (Phi) is 2.71. The van der Waals surface area contributed by atoms with E-state index in [4.69, 9.17) is 5.73 Å². The standard InChI is InChI=1S/C8H8N2O3/c9-8(12)7(11)5-3-1-2-4-6(5)10-13/h1-4,7,11H,(H2,9,12). The normalized spacial score (nSPS) is 12.1. The van der Waals surface area contributed by atoms with E-state index in [2.05, 4.69) is 5.18 Å². The second-order valence-corrected chi connectivity index (χ2v) is 2.46. The molecule has 1 atom stereocenters. The predicted octanol–water partition coefficient (Wildman–Crippen LogP) is 0.603. The van der Waals surface area contributed by atoms with E-state index in [1.807, 2.05) is 0 Å². The molecule has 1 amide bonds. The Hall–Kier alpha value is -1.75. The maximum absolute atomic E-state index is 10.6. The minimum absolute atomic E-state index is 0.0220. The molecule has 1 aromatic rings. The molecule has 3 N–H and O–H groups in total. The number of carbonyl (C=O) groups is 1. The van der Waals surface area contributed by atoms with Gasteiger partial charge in [0.15, 0.2) is 6.10 Å². The lowest BCUT2D eigenvalue weighted by atomic mass is 10.1. The van der Waals surface area contributed by atoms with E-state index < -0.39 is 12.0 Å². The maximum atomic E-state index is 10.6. The number of aliphatic hydroxyl groups is 1. The minimum atomic E-state index is -1.48. The predicted molar refractivity (Wildman–Crippen MR) is 46.1 cm³/mol. The molecule has 0 bridgehead atoms. The summed E-state index contributed by atoms with van der Waals surface area (Å²) in [4.78, 5) is 20.8. The summed E-state index contributed by atoms with van der Waals surface area (Å²) >= 11 is 0. The van der Waals surface area contributed by atoms with Gasteiger partial charge in [0.2, 0.25) is 0 Å². The Morgan fingerprint density at radius 1 is 1.46 bits per heavy atom. The number of primary amides is 1. The van der Waals surface area contributed by atoms with Gasteiger partial charge in [-0.3, -0.25) is 4.79 Å². The lowest BCUT2D eigenvalue weighted by Crippen LogP contribution is -2.20. The summed E-state index contributed by atoms with van der Waals surface area (Å²) in [5, 5.41) is 11.9. The third-order valence-electron chi connectivity index (χ3n) is 1.60. The zero-order valence-electron chi connectivity index (χ0n) is 6.68. The van der Waals surface area contributed by atoms with Gasteiger partial charge in [-0.15, -0.1) is 4.91 Å². The Balaban J connectivity index is 3.12. The van der Waals surface area contributed by atoms with Crippen LogP contribution in [0.2, 0.25) is 0 Å². The molecular formula is C8H8N2O3. The summed E-state index contributed by atoms with van der Waals surface area (Å²) in [6, 6.07) is 5.98. The van der Waals surface area contributed by atoms with Crippen LogP contribution < -0.4 is 5.73 Å². The van der Waals surface area contributed by atoms with Crippen molar-refractivity contribution in [1.82, 2.24) is 0 Å². The average Bonchev–Trinajstić information content (AvgIpc) is 2.16. The van der Waals surface area contributed by atoms with Gasteiger partial charge in [0.25, 0.3) is 5.91 Å². The smallest absolute Gasteiger partial charge is 0.250 e. The lowest BCUT2D eigenvalue weighted by molar-refractivity contribution is -0.126. The number of aliphatic hydroxyl groups excluding tert-OH is 1. The number of rotatable bonds is 3. The van der Waals surface area contributed by atoms with E-state index in [1.165, 1.54) is 12.1 Å². The van der Waals surface area contributed by atoms with E-state index in [9.17, 15) is 14.8 Å². The number of benzene rings is 1. The zero-order chi connectivity index (χ0) is 9.84. The lowest BCUT2D eigenvalue weighted by Gasteiger charge is -2.07. The molecule has 5 heteroatoms. The van der Waals surface area contributed by atoms with Crippen molar-refractivity contribution in [2.75, 3.05) is 0 Å². The van der Waals surface area contributed by atoms with Gasteiger partial charge in [-0.2, -0.15) is 0 Å². The summed E-state index contributed by atoms with van der Waals surface area (Å²) in [6.07, 6.45) is -1.48. The molecule has 0 spiro atoms. The number of hydrogen-bond donors (Lipinski definition) is 2. The maximum Gasteiger partial charge on any atom is 0.250 e. The Bertz CT molecular complexity index is 338. The van der Waals surface area contributed by atoms with Crippen molar-refractivity contribution in [3.05, 3.63) is 34.7 Å². The molecular weight excluding hydrogens is 172 g/mol. The molecule has 1 aromatic carbocycles. The fourth-order valence-electron chi connectivity index (χ4n) is 0.955. The molecule has 0 saturated carbocycles. The van der Waals surface area contributed by atoms with Gasteiger partial charge in [0.1, 0.15) is 5.69 Å². The highest BCUT2D eigenvalue weighted by Crippen LogP contribution is 2.24. The second kappa shape index (κ2) is 3.77. The van der Waals surface area contributed by atoms with Crippen LogP contribution in [0, 0.1) is 4.91 Å². The summed E-state index contributed by atoms with van der Waals surface area (Å²) in [6.45, 7) is 0. The molecule has 0 aliphatic carbocycles. The first-order valence-corrected chi connectivity index (χ1v) is 3.56. The first-order chi connectivity index (χ1) is 6.16. The quantitative estimate of drug-likeness (QED) is 0.667. The van der Waals surface area contributed by atoms with Crippen LogP contribution in [0.15, 0.2) is 29.4 Å². The van der Waals surface area contributed by atoms with Crippen molar-refractivity contribution in [1.29, 1.82) is 0 Å². The van der Waals surface area contributed by atoms with Crippen LogP contribution in [0.5, 0.6) is 0 Å². The van der Waals surface area contributed by atoms with Crippen LogP contribution in [0.25, 0.3) is 0 Å².